The summed E-state index contributed by atoms with van der Waals surface area (Å²) in [4.78, 5) is 24.1. The van der Waals surface area contributed by atoms with Crippen LogP contribution in [0.5, 0.6) is 0 Å². The second-order valence-corrected chi connectivity index (χ2v) is 8.51. The smallest absolute Gasteiger partial charge is 0.325 e. The van der Waals surface area contributed by atoms with E-state index < -0.39 is 44.8 Å². The van der Waals surface area contributed by atoms with Crippen LogP contribution < -0.4 is 10.9 Å². The molecule has 1 amide bonds. The summed E-state index contributed by atoms with van der Waals surface area (Å²) in [5, 5.41) is 1.74. The molecule has 2 aromatic rings. The molecule has 0 unspecified atom stereocenters. The van der Waals surface area contributed by atoms with E-state index in [1.165, 1.54) is 28.6 Å². The largest absolute Gasteiger partial charge is 0.417 e. The molecule has 0 saturated carbocycles. The van der Waals surface area contributed by atoms with Crippen molar-refractivity contribution in [1.29, 1.82) is 0 Å². The highest BCUT2D eigenvalue weighted by Gasteiger charge is 2.32. The monoisotopic (exact) mass is 465 g/mol. The van der Waals surface area contributed by atoms with E-state index in [1.54, 1.807) is 13.8 Å². The summed E-state index contributed by atoms with van der Waals surface area (Å²) in [7, 11) is -3.67. The molecule has 1 heterocycles. The summed E-state index contributed by atoms with van der Waals surface area (Å²) >= 11 is 5.55. The van der Waals surface area contributed by atoms with Gasteiger partial charge >= 0.3 is 6.18 Å². The van der Waals surface area contributed by atoms with Crippen LogP contribution in [0.2, 0.25) is 5.02 Å². The van der Waals surface area contributed by atoms with Gasteiger partial charge in [-0.1, -0.05) is 25.4 Å². The first-order valence-corrected chi connectivity index (χ1v) is 10.6. The molecule has 1 aromatic carbocycles. The number of amides is 1. The molecule has 1 N–H and O–H groups in total. The summed E-state index contributed by atoms with van der Waals surface area (Å²) in [5.41, 5.74) is -1.89. The van der Waals surface area contributed by atoms with E-state index in [4.69, 9.17) is 11.6 Å². The summed E-state index contributed by atoms with van der Waals surface area (Å²) < 4.78 is 65.4. The van der Waals surface area contributed by atoms with Crippen LogP contribution in [-0.4, -0.2) is 36.3 Å². The fourth-order valence-electron chi connectivity index (χ4n) is 2.65. The lowest BCUT2D eigenvalue weighted by molar-refractivity contribution is -0.138. The van der Waals surface area contributed by atoms with Crippen LogP contribution in [0.15, 0.2) is 46.2 Å². The molecule has 12 heteroatoms. The summed E-state index contributed by atoms with van der Waals surface area (Å²) in [5.74, 6) is -0.785. The Bertz CT molecular complexity index is 1080. The van der Waals surface area contributed by atoms with Crippen molar-refractivity contribution in [3.63, 3.8) is 0 Å². The fourth-order valence-corrected chi connectivity index (χ4v) is 4.33. The lowest BCUT2D eigenvalue weighted by atomic mass is 10.2. The third-order valence-corrected chi connectivity index (χ3v) is 6.50. The van der Waals surface area contributed by atoms with Crippen molar-refractivity contribution in [3.05, 3.63) is 57.5 Å². The number of aromatic nitrogens is 1. The Kier molecular flexibility index (Phi) is 7.32. The molecule has 7 nitrogen and oxygen atoms in total. The van der Waals surface area contributed by atoms with Gasteiger partial charge in [0.25, 0.3) is 5.56 Å². The molecule has 30 heavy (non-hydrogen) atoms. The molecule has 0 aliphatic carbocycles. The Morgan fingerprint density at radius 1 is 1.17 bits per heavy atom. The van der Waals surface area contributed by atoms with Gasteiger partial charge in [0.1, 0.15) is 11.6 Å². The Morgan fingerprint density at radius 2 is 1.73 bits per heavy atom. The molecular weight excluding hydrogens is 447 g/mol. The summed E-state index contributed by atoms with van der Waals surface area (Å²) in [6.07, 6.45) is -4.23. The van der Waals surface area contributed by atoms with Gasteiger partial charge in [-0.2, -0.15) is 17.5 Å². The topological polar surface area (TPSA) is 88.5 Å². The van der Waals surface area contributed by atoms with Gasteiger partial charge < -0.3 is 9.88 Å². The minimum atomic E-state index is -4.73. The maximum atomic E-state index is 12.9. The third-order valence-electron chi connectivity index (χ3n) is 4.16. The van der Waals surface area contributed by atoms with E-state index >= 15 is 0 Å². The number of nitrogens with zero attached hydrogens (tertiary/aromatic N) is 2. The molecule has 0 saturated heterocycles. The molecule has 2 rings (SSSR count). The van der Waals surface area contributed by atoms with Crippen molar-refractivity contribution in [2.24, 2.45) is 0 Å². The molecule has 0 spiro atoms. The van der Waals surface area contributed by atoms with E-state index in [9.17, 15) is 31.2 Å². The van der Waals surface area contributed by atoms with E-state index in [0.29, 0.717) is 29.9 Å². The lowest BCUT2D eigenvalue weighted by Gasteiger charge is -2.18. The van der Waals surface area contributed by atoms with Crippen molar-refractivity contribution in [2.45, 2.75) is 31.5 Å². The van der Waals surface area contributed by atoms with Crippen molar-refractivity contribution in [2.75, 3.05) is 18.4 Å². The van der Waals surface area contributed by atoms with Crippen molar-refractivity contribution >= 4 is 33.2 Å². The SMILES string of the molecule is CCN(CC)S(=O)(=O)c1ccc(NC(=O)Cn2cc(C(F)(F)F)cc(Cl)c2=O)cc1. The molecule has 164 valence electrons. The normalized spacial score (nSPS) is 12.2. The average Bonchev–Trinajstić information content (AvgIpc) is 2.65. The highest BCUT2D eigenvalue weighted by atomic mass is 35.5. The van der Waals surface area contributed by atoms with Gasteiger partial charge in [0.2, 0.25) is 15.9 Å². The zero-order valence-corrected chi connectivity index (χ0v) is 17.6. The van der Waals surface area contributed by atoms with Gasteiger partial charge in [0.05, 0.1) is 10.5 Å². The summed E-state index contributed by atoms with van der Waals surface area (Å²) in [6.45, 7) is 3.30. The van der Waals surface area contributed by atoms with Gasteiger partial charge in [-0.15, -0.1) is 0 Å². The average molecular weight is 466 g/mol. The quantitative estimate of drug-likeness (QED) is 0.680. The van der Waals surface area contributed by atoms with Crippen LogP contribution in [0, 0.1) is 0 Å². The van der Waals surface area contributed by atoms with Gasteiger partial charge in [-0.25, -0.2) is 8.42 Å². The first kappa shape index (κ1) is 23.9. The molecule has 1 aromatic heterocycles. The first-order valence-electron chi connectivity index (χ1n) is 8.77. The Balaban J connectivity index is 2.18. The molecule has 0 fully saturated rings. The minimum absolute atomic E-state index is 0.0325. The zero-order valence-electron chi connectivity index (χ0n) is 16.0. The molecule has 0 aliphatic rings. The third kappa shape index (κ3) is 5.41. The zero-order chi connectivity index (χ0) is 22.7. The maximum absolute atomic E-state index is 12.9. The number of nitrogens with one attached hydrogen (secondary N) is 1. The Hall–Kier alpha value is -2.37. The number of alkyl halides is 3. The fraction of sp³-hybridized carbons (Fsp3) is 0.333. The molecule has 0 radical (unpaired) electrons. The second kappa shape index (κ2) is 9.19. The van der Waals surface area contributed by atoms with Crippen LogP contribution in [0.3, 0.4) is 0 Å². The number of carbonyl (C=O) groups is 1. The number of anilines is 1. The van der Waals surface area contributed by atoms with Crippen molar-refractivity contribution < 1.29 is 26.4 Å². The second-order valence-electron chi connectivity index (χ2n) is 6.17. The van der Waals surface area contributed by atoms with Gasteiger partial charge in [-0.05, 0) is 30.3 Å². The Morgan fingerprint density at radius 3 is 2.23 bits per heavy atom. The number of sulfonamides is 1. The number of pyridine rings is 1. The van der Waals surface area contributed by atoms with Crippen LogP contribution in [0.25, 0.3) is 0 Å². The molecule has 0 aliphatic heterocycles. The van der Waals surface area contributed by atoms with Crippen LogP contribution in [0.1, 0.15) is 19.4 Å². The minimum Gasteiger partial charge on any atom is -0.325 e. The van der Waals surface area contributed by atoms with Gasteiger partial charge in [0, 0.05) is 25.0 Å². The van der Waals surface area contributed by atoms with E-state index in [-0.39, 0.29) is 10.6 Å². The predicted octanol–water partition coefficient (Wildman–Crippen LogP) is 3.19. The highest BCUT2D eigenvalue weighted by molar-refractivity contribution is 7.89. The molecule has 0 atom stereocenters. The van der Waals surface area contributed by atoms with Gasteiger partial charge in [0.15, 0.2) is 0 Å². The van der Waals surface area contributed by atoms with Crippen molar-refractivity contribution in [3.8, 4) is 0 Å². The van der Waals surface area contributed by atoms with Crippen LogP contribution >= 0.6 is 11.6 Å². The Labute approximate surface area is 176 Å². The highest BCUT2D eigenvalue weighted by Crippen LogP contribution is 2.29. The van der Waals surface area contributed by atoms with Crippen LogP contribution in [0.4, 0.5) is 18.9 Å². The maximum Gasteiger partial charge on any atom is 0.417 e. The van der Waals surface area contributed by atoms with E-state index in [1.807, 2.05) is 0 Å². The number of halogens is 4. The summed E-state index contributed by atoms with van der Waals surface area (Å²) in [6, 6.07) is 5.78. The van der Waals surface area contributed by atoms with E-state index in [0.717, 1.165) is 0 Å². The number of hydrogen-bond donors (Lipinski definition) is 1. The number of benzene rings is 1. The van der Waals surface area contributed by atoms with Crippen molar-refractivity contribution in [1.82, 2.24) is 8.87 Å². The standard InChI is InChI=1S/C18H19ClF3N3O4S/c1-3-25(4-2)30(28,29)14-7-5-13(6-8-14)23-16(26)11-24-10-12(18(20,21)22)9-15(19)17(24)27/h5-10H,3-4,11H2,1-2H3,(H,23,26). The van der Waals surface area contributed by atoms with Crippen LogP contribution in [-0.2, 0) is 27.5 Å². The number of carbonyl (C=O) groups excluding carboxylic acids is 1. The number of rotatable bonds is 7. The number of hydrogen-bond acceptors (Lipinski definition) is 4. The van der Waals surface area contributed by atoms with Gasteiger partial charge in [-0.3, -0.25) is 9.59 Å². The predicted molar refractivity (Wildman–Crippen MR) is 106 cm³/mol. The van der Waals surface area contributed by atoms with E-state index in [2.05, 4.69) is 5.32 Å². The molecule has 0 bridgehead atoms. The molecular formula is C18H19ClF3N3O4S. The first-order chi connectivity index (χ1) is 13.9. The lowest BCUT2D eigenvalue weighted by Crippen LogP contribution is -2.30.